The van der Waals surface area contributed by atoms with Gasteiger partial charge in [0.15, 0.2) is 5.82 Å². The van der Waals surface area contributed by atoms with Crippen molar-refractivity contribution in [1.29, 1.82) is 5.26 Å². The first-order valence-corrected chi connectivity index (χ1v) is 14.5. The summed E-state index contributed by atoms with van der Waals surface area (Å²) in [6, 6.07) is 11.6. The fourth-order valence-electron chi connectivity index (χ4n) is 5.64. The van der Waals surface area contributed by atoms with Crippen molar-refractivity contribution in [3.8, 4) is 17.5 Å². The van der Waals surface area contributed by atoms with E-state index >= 15 is 0 Å². The first-order chi connectivity index (χ1) is 17.2. The van der Waals surface area contributed by atoms with Crippen LogP contribution in [0.15, 0.2) is 36.7 Å². The smallest absolute Gasteiger partial charge is 0.159 e. The van der Waals surface area contributed by atoms with Crippen molar-refractivity contribution in [2.24, 2.45) is 5.41 Å². The van der Waals surface area contributed by atoms with Crippen molar-refractivity contribution in [2.45, 2.75) is 129 Å². The number of hydrogen-bond acceptors (Lipinski definition) is 3. The highest BCUT2D eigenvalue weighted by Gasteiger charge is 2.35. The summed E-state index contributed by atoms with van der Waals surface area (Å²) < 4.78 is 0. The lowest BCUT2D eigenvalue weighted by Crippen LogP contribution is -2.25. The number of benzene rings is 1. The van der Waals surface area contributed by atoms with Gasteiger partial charge < -0.3 is 0 Å². The van der Waals surface area contributed by atoms with Crippen LogP contribution in [0.3, 0.4) is 0 Å². The molecule has 35 heavy (non-hydrogen) atoms. The zero-order valence-corrected chi connectivity index (χ0v) is 22.4. The molecule has 0 bridgehead atoms. The number of nitrogens with zero attached hydrogens (tertiary/aromatic N) is 3. The minimum atomic E-state index is -0.0756. The van der Waals surface area contributed by atoms with Gasteiger partial charge in [0, 0.05) is 18.0 Å². The molecule has 1 aliphatic carbocycles. The average molecular weight is 474 g/mol. The molecule has 2 aromatic rings. The second kappa shape index (κ2) is 15.0. The minimum Gasteiger partial charge on any atom is -0.236 e. The van der Waals surface area contributed by atoms with Crippen LogP contribution in [0.25, 0.3) is 11.4 Å². The van der Waals surface area contributed by atoms with E-state index in [4.69, 9.17) is 0 Å². The lowest BCUT2D eigenvalue weighted by molar-refractivity contribution is 0.223. The van der Waals surface area contributed by atoms with E-state index in [2.05, 4.69) is 54.2 Å². The molecule has 0 saturated heterocycles. The molecule has 0 atom stereocenters. The summed E-state index contributed by atoms with van der Waals surface area (Å²) in [5, 5.41) is 9.91. The van der Waals surface area contributed by atoms with Gasteiger partial charge in [0.2, 0.25) is 0 Å². The van der Waals surface area contributed by atoms with E-state index < -0.39 is 0 Å². The lowest BCUT2D eigenvalue weighted by atomic mass is 9.67. The van der Waals surface area contributed by atoms with Crippen LogP contribution in [-0.2, 0) is 6.42 Å². The molecule has 190 valence electrons. The Balaban J connectivity index is 1.45. The number of unbranched alkanes of at least 4 members (excludes halogenated alkanes) is 9. The second-order valence-electron chi connectivity index (χ2n) is 10.9. The van der Waals surface area contributed by atoms with Crippen LogP contribution in [-0.4, -0.2) is 9.97 Å². The van der Waals surface area contributed by atoms with Crippen molar-refractivity contribution in [3.05, 3.63) is 47.8 Å². The van der Waals surface area contributed by atoms with E-state index in [1.165, 1.54) is 81.8 Å². The Kier molecular flexibility index (Phi) is 11.8. The number of hydrogen-bond donors (Lipinski definition) is 0. The molecule has 0 aliphatic heterocycles. The Morgan fingerprint density at radius 3 is 1.97 bits per heavy atom. The summed E-state index contributed by atoms with van der Waals surface area (Å²) in [6.07, 6.45) is 24.9. The third kappa shape index (κ3) is 8.75. The summed E-state index contributed by atoms with van der Waals surface area (Å²) in [7, 11) is 0. The molecule has 1 fully saturated rings. The van der Waals surface area contributed by atoms with Gasteiger partial charge in [-0.3, -0.25) is 0 Å². The minimum absolute atomic E-state index is 0.0756. The van der Waals surface area contributed by atoms with E-state index in [-0.39, 0.29) is 5.41 Å². The van der Waals surface area contributed by atoms with Gasteiger partial charge in [0.05, 0.1) is 11.5 Å². The molecule has 0 radical (unpaired) electrons. The van der Waals surface area contributed by atoms with Gasteiger partial charge in [-0.15, -0.1) is 0 Å². The van der Waals surface area contributed by atoms with E-state index in [0.29, 0.717) is 5.92 Å². The SMILES string of the molecule is CCCCCCCCc1cnc(-c2ccc([C@H]3CC[C@@](C#N)(CCCCCCC)CC3)cc2)nc1. The van der Waals surface area contributed by atoms with Crippen molar-refractivity contribution >= 4 is 0 Å². The van der Waals surface area contributed by atoms with Gasteiger partial charge in [-0.25, -0.2) is 9.97 Å². The first kappa shape index (κ1) is 27.4. The second-order valence-corrected chi connectivity index (χ2v) is 10.9. The van der Waals surface area contributed by atoms with E-state index in [0.717, 1.165) is 49.9 Å². The van der Waals surface area contributed by atoms with Crippen molar-refractivity contribution in [3.63, 3.8) is 0 Å². The molecule has 3 heteroatoms. The average Bonchev–Trinajstić information content (AvgIpc) is 2.91. The molecule has 1 aliphatic rings. The molecule has 0 unspecified atom stereocenters. The third-order valence-corrected chi connectivity index (χ3v) is 8.10. The van der Waals surface area contributed by atoms with Crippen LogP contribution in [0.5, 0.6) is 0 Å². The summed E-state index contributed by atoms with van der Waals surface area (Å²) >= 11 is 0. The topological polar surface area (TPSA) is 49.6 Å². The molecular weight excluding hydrogens is 426 g/mol. The van der Waals surface area contributed by atoms with Gasteiger partial charge >= 0.3 is 0 Å². The Bertz CT molecular complexity index is 871. The maximum atomic E-state index is 9.91. The predicted octanol–water partition coefficient (Wildman–Crippen LogP) is 9.57. The monoisotopic (exact) mass is 473 g/mol. The highest BCUT2D eigenvalue weighted by molar-refractivity contribution is 5.55. The lowest BCUT2D eigenvalue weighted by Gasteiger charge is -2.35. The van der Waals surface area contributed by atoms with Crippen LogP contribution in [0.2, 0.25) is 0 Å². The van der Waals surface area contributed by atoms with Gasteiger partial charge in [-0.1, -0.05) is 102 Å². The first-order valence-electron chi connectivity index (χ1n) is 14.5. The van der Waals surface area contributed by atoms with E-state index in [1.54, 1.807) is 0 Å². The van der Waals surface area contributed by atoms with Crippen LogP contribution in [0.1, 0.15) is 134 Å². The molecule has 0 N–H and O–H groups in total. The molecule has 3 nitrogen and oxygen atoms in total. The summed E-state index contributed by atoms with van der Waals surface area (Å²) in [4.78, 5) is 9.30. The van der Waals surface area contributed by atoms with Gasteiger partial charge in [-0.2, -0.15) is 5.26 Å². The maximum Gasteiger partial charge on any atom is 0.159 e. The molecule has 0 amide bonds. The maximum absolute atomic E-state index is 9.91. The quantitative estimate of drug-likeness (QED) is 0.242. The Labute approximate surface area is 214 Å². The molecule has 1 aromatic carbocycles. The van der Waals surface area contributed by atoms with Crippen molar-refractivity contribution in [1.82, 2.24) is 9.97 Å². The number of rotatable bonds is 15. The molecule has 0 spiro atoms. The van der Waals surface area contributed by atoms with E-state index in [9.17, 15) is 5.26 Å². The molecule has 1 saturated carbocycles. The molecule has 1 heterocycles. The summed E-state index contributed by atoms with van der Waals surface area (Å²) in [5.41, 5.74) is 3.67. The predicted molar refractivity (Wildman–Crippen MR) is 147 cm³/mol. The largest absolute Gasteiger partial charge is 0.236 e. The van der Waals surface area contributed by atoms with Gasteiger partial charge in [-0.05, 0) is 62.0 Å². The zero-order chi connectivity index (χ0) is 24.8. The fourth-order valence-corrected chi connectivity index (χ4v) is 5.64. The van der Waals surface area contributed by atoms with Crippen molar-refractivity contribution < 1.29 is 0 Å². The third-order valence-electron chi connectivity index (χ3n) is 8.10. The highest BCUT2D eigenvalue weighted by Crippen LogP contribution is 2.45. The number of aromatic nitrogens is 2. The summed E-state index contributed by atoms with van der Waals surface area (Å²) in [5.74, 6) is 1.39. The fraction of sp³-hybridized carbons (Fsp3) is 0.656. The van der Waals surface area contributed by atoms with Crippen molar-refractivity contribution in [2.75, 3.05) is 0 Å². The molecule has 1 aromatic heterocycles. The van der Waals surface area contributed by atoms with Crippen LogP contribution >= 0.6 is 0 Å². The Morgan fingerprint density at radius 1 is 0.800 bits per heavy atom. The normalized spacial score (nSPS) is 20.0. The van der Waals surface area contributed by atoms with Crippen LogP contribution in [0.4, 0.5) is 0 Å². The van der Waals surface area contributed by atoms with Gasteiger partial charge in [0.25, 0.3) is 0 Å². The summed E-state index contributed by atoms with van der Waals surface area (Å²) in [6.45, 7) is 4.52. The zero-order valence-electron chi connectivity index (χ0n) is 22.4. The molecular formula is C32H47N3. The Hall–Kier alpha value is -2.21. The number of nitriles is 1. The molecule has 3 rings (SSSR count). The van der Waals surface area contributed by atoms with E-state index in [1.807, 2.05) is 12.4 Å². The standard InChI is InChI=1S/C32H47N3/c1-3-5-7-9-10-12-14-27-24-34-31(35-25-27)30-17-15-28(16-18-30)29-19-22-32(26-33,23-20-29)21-13-11-8-6-4-2/h15-18,24-25,29H,3-14,19-23H2,1-2H3/t29-,32-. The highest BCUT2D eigenvalue weighted by atomic mass is 14.9. The van der Waals surface area contributed by atoms with Crippen LogP contribution < -0.4 is 0 Å². The van der Waals surface area contributed by atoms with Gasteiger partial charge in [0.1, 0.15) is 0 Å². The number of aryl methyl sites for hydroxylation is 1. The Morgan fingerprint density at radius 2 is 1.37 bits per heavy atom. The van der Waals surface area contributed by atoms with Crippen LogP contribution in [0, 0.1) is 16.7 Å².